The number of hydrogen-bond donors (Lipinski definition) is 3. The van der Waals surface area contributed by atoms with Crippen LogP contribution in [0.2, 0.25) is 0 Å². The average molecular weight is 252 g/mol. The molecule has 0 aliphatic rings. The molecule has 6 heteroatoms. The summed E-state index contributed by atoms with van der Waals surface area (Å²) in [7, 11) is 0. The van der Waals surface area contributed by atoms with Crippen molar-refractivity contribution in [1.82, 2.24) is 0 Å². The maximum Gasteiger partial charge on any atom is 0.336 e. The third-order valence-corrected chi connectivity index (χ3v) is 2.95. The van der Waals surface area contributed by atoms with E-state index < -0.39 is 23.5 Å². The summed E-state index contributed by atoms with van der Waals surface area (Å²) >= 11 is 0. The van der Waals surface area contributed by atoms with Gasteiger partial charge in [0.15, 0.2) is 0 Å². The van der Waals surface area contributed by atoms with Crippen LogP contribution in [0.25, 0.3) is 0 Å². The molecule has 0 aromatic heterocycles. The summed E-state index contributed by atoms with van der Waals surface area (Å²) < 4.78 is 0. The van der Waals surface area contributed by atoms with Crippen molar-refractivity contribution < 1.29 is 29.7 Å². The molecule has 0 unspecified atom stereocenters. The summed E-state index contributed by atoms with van der Waals surface area (Å²) in [5.41, 5.74) is -0.610. The first-order chi connectivity index (χ1) is 8.20. The quantitative estimate of drug-likeness (QED) is 0.754. The van der Waals surface area contributed by atoms with Crippen LogP contribution in [0.4, 0.5) is 0 Å². The van der Waals surface area contributed by atoms with E-state index in [-0.39, 0.29) is 27.8 Å². The maximum atomic E-state index is 11.1. The van der Waals surface area contributed by atoms with Crippen molar-refractivity contribution in [3.8, 4) is 0 Å². The summed E-state index contributed by atoms with van der Waals surface area (Å²) in [6.45, 7) is 4.16. The van der Waals surface area contributed by atoms with Crippen molar-refractivity contribution in [2.24, 2.45) is 0 Å². The number of carboxylic acids is 3. The summed E-state index contributed by atoms with van der Waals surface area (Å²) in [6, 6.07) is 0. The van der Waals surface area contributed by atoms with E-state index in [1.165, 1.54) is 20.8 Å². The lowest BCUT2D eigenvalue weighted by Crippen LogP contribution is -2.18. The Bertz CT molecular complexity index is 571. The van der Waals surface area contributed by atoms with Crippen LogP contribution >= 0.6 is 0 Å². The summed E-state index contributed by atoms with van der Waals surface area (Å²) in [4.78, 5) is 33.4. The van der Waals surface area contributed by atoms with Crippen LogP contribution in [0, 0.1) is 20.8 Å². The molecule has 0 fully saturated rings. The minimum absolute atomic E-state index is 0.0458. The fourth-order valence-corrected chi connectivity index (χ4v) is 2.01. The van der Waals surface area contributed by atoms with E-state index in [0.29, 0.717) is 0 Å². The van der Waals surface area contributed by atoms with Crippen molar-refractivity contribution in [3.63, 3.8) is 0 Å². The van der Waals surface area contributed by atoms with Crippen molar-refractivity contribution in [3.05, 3.63) is 33.4 Å². The number of rotatable bonds is 3. The van der Waals surface area contributed by atoms with Gasteiger partial charge < -0.3 is 15.3 Å². The van der Waals surface area contributed by atoms with Gasteiger partial charge in [-0.15, -0.1) is 0 Å². The third kappa shape index (κ3) is 1.92. The number of carboxylic acid groups (broad SMARTS) is 3. The van der Waals surface area contributed by atoms with E-state index in [1.807, 2.05) is 0 Å². The van der Waals surface area contributed by atoms with Gasteiger partial charge in [0.05, 0.1) is 16.7 Å². The normalized spacial score (nSPS) is 10.2. The summed E-state index contributed by atoms with van der Waals surface area (Å²) in [5.74, 6) is -4.10. The monoisotopic (exact) mass is 252 g/mol. The van der Waals surface area contributed by atoms with Crippen LogP contribution in [0.15, 0.2) is 0 Å². The molecule has 0 aliphatic heterocycles. The molecule has 96 valence electrons. The molecule has 18 heavy (non-hydrogen) atoms. The Labute approximate surface area is 102 Å². The maximum absolute atomic E-state index is 11.1. The van der Waals surface area contributed by atoms with Gasteiger partial charge in [-0.2, -0.15) is 0 Å². The van der Waals surface area contributed by atoms with E-state index in [9.17, 15) is 14.4 Å². The minimum Gasteiger partial charge on any atom is -0.478 e. The number of carbonyl (C=O) groups is 3. The topological polar surface area (TPSA) is 112 Å². The molecule has 0 heterocycles. The fourth-order valence-electron chi connectivity index (χ4n) is 2.01. The Morgan fingerprint density at radius 1 is 0.611 bits per heavy atom. The first-order valence-corrected chi connectivity index (χ1v) is 5.03. The first-order valence-electron chi connectivity index (χ1n) is 5.03. The molecule has 1 aromatic rings. The predicted molar refractivity (Wildman–Crippen MR) is 61.5 cm³/mol. The molecule has 0 spiro atoms. The van der Waals surface area contributed by atoms with Gasteiger partial charge >= 0.3 is 17.9 Å². The molecule has 0 bridgehead atoms. The van der Waals surface area contributed by atoms with E-state index in [4.69, 9.17) is 15.3 Å². The molecule has 0 amide bonds. The van der Waals surface area contributed by atoms with Crippen LogP contribution in [0.5, 0.6) is 0 Å². The molecule has 1 aromatic carbocycles. The average Bonchev–Trinajstić information content (AvgIpc) is 2.21. The fraction of sp³-hybridized carbons (Fsp3) is 0.250. The second kappa shape index (κ2) is 4.48. The molecular formula is C12H12O6. The molecule has 0 radical (unpaired) electrons. The van der Waals surface area contributed by atoms with Crippen LogP contribution < -0.4 is 0 Å². The highest BCUT2D eigenvalue weighted by atomic mass is 16.4. The van der Waals surface area contributed by atoms with Crippen molar-refractivity contribution in [1.29, 1.82) is 0 Å². The largest absolute Gasteiger partial charge is 0.478 e. The SMILES string of the molecule is Cc1c(C)c(C(=O)O)c(C(=O)O)c(C)c1C(=O)O. The second-order valence-corrected chi connectivity index (χ2v) is 3.92. The van der Waals surface area contributed by atoms with Crippen molar-refractivity contribution in [2.45, 2.75) is 20.8 Å². The highest BCUT2D eigenvalue weighted by molar-refractivity contribution is 6.07. The molecule has 0 saturated carbocycles. The lowest BCUT2D eigenvalue weighted by atomic mass is 9.88. The van der Waals surface area contributed by atoms with Crippen LogP contribution in [-0.2, 0) is 0 Å². The van der Waals surface area contributed by atoms with E-state index >= 15 is 0 Å². The molecule has 3 N–H and O–H groups in total. The number of benzene rings is 1. The van der Waals surface area contributed by atoms with E-state index in [0.717, 1.165) is 0 Å². The van der Waals surface area contributed by atoms with Gasteiger partial charge in [0, 0.05) is 0 Å². The summed E-state index contributed by atoms with van der Waals surface area (Å²) in [6.07, 6.45) is 0. The zero-order chi connectivity index (χ0) is 14.2. The van der Waals surface area contributed by atoms with Gasteiger partial charge in [-0.3, -0.25) is 0 Å². The van der Waals surface area contributed by atoms with Gasteiger partial charge in [0.1, 0.15) is 0 Å². The smallest absolute Gasteiger partial charge is 0.336 e. The van der Waals surface area contributed by atoms with Gasteiger partial charge in [-0.05, 0) is 37.5 Å². The van der Waals surface area contributed by atoms with Crippen molar-refractivity contribution in [2.75, 3.05) is 0 Å². The first kappa shape index (κ1) is 13.7. The third-order valence-electron chi connectivity index (χ3n) is 2.95. The highest BCUT2D eigenvalue weighted by Crippen LogP contribution is 2.27. The molecular weight excluding hydrogens is 240 g/mol. The van der Waals surface area contributed by atoms with E-state index in [2.05, 4.69) is 0 Å². The lowest BCUT2D eigenvalue weighted by molar-refractivity contribution is 0.0647. The van der Waals surface area contributed by atoms with Gasteiger partial charge in [-0.1, -0.05) is 0 Å². The van der Waals surface area contributed by atoms with Gasteiger partial charge in [0.25, 0.3) is 0 Å². The van der Waals surface area contributed by atoms with E-state index in [1.54, 1.807) is 0 Å². The minimum atomic E-state index is -1.45. The van der Waals surface area contributed by atoms with Crippen LogP contribution in [-0.4, -0.2) is 33.2 Å². The summed E-state index contributed by atoms with van der Waals surface area (Å²) in [5, 5.41) is 27.2. The zero-order valence-electron chi connectivity index (χ0n) is 10.1. The van der Waals surface area contributed by atoms with Crippen molar-refractivity contribution >= 4 is 17.9 Å². The molecule has 0 aliphatic carbocycles. The van der Waals surface area contributed by atoms with Gasteiger partial charge in [0.2, 0.25) is 0 Å². The Morgan fingerprint density at radius 2 is 0.889 bits per heavy atom. The second-order valence-electron chi connectivity index (χ2n) is 3.92. The molecule has 0 saturated heterocycles. The van der Waals surface area contributed by atoms with Crippen LogP contribution in [0.3, 0.4) is 0 Å². The van der Waals surface area contributed by atoms with Gasteiger partial charge in [-0.25, -0.2) is 14.4 Å². The standard InChI is InChI=1S/C12H12O6/c1-4-5(2)8(11(15)16)9(12(17)18)6(3)7(4)10(13)14/h1-3H3,(H,13,14)(H,15,16)(H,17,18). The Balaban J connectivity index is 3.94. The molecule has 1 rings (SSSR count). The number of hydrogen-bond acceptors (Lipinski definition) is 3. The predicted octanol–water partition coefficient (Wildman–Crippen LogP) is 1.71. The lowest BCUT2D eigenvalue weighted by Gasteiger charge is -2.15. The Morgan fingerprint density at radius 3 is 1.22 bits per heavy atom. The Kier molecular flexibility index (Phi) is 3.41. The molecule has 6 nitrogen and oxygen atoms in total. The Hall–Kier alpha value is -2.37. The number of aromatic carboxylic acids is 3. The van der Waals surface area contributed by atoms with Crippen LogP contribution in [0.1, 0.15) is 47.8 Å². The molecule has 0 atom stereocenters. The highest BCUT2D eigenvalue weighted by Gasteiger charge is 2.27. The zero-order valence-corrected chi connectivity index (χ0v) is 10.1.